The highest BCUT2D eigenvalue weighted by atomic mass is 32.2. The third-order valence-corrected chi connectivity index (χ3v) is 7.39. The Labute approximate surface area is 173 Å². The van der Waals surface area contributed by atoms with Gasteiger partial charge in [0, 0.05) is 12.6 Å². The van der Waals surface area contributed by atoms with Crippen LogP contribution in [0.4, 0.5) is 0 Å². The monoisotopic (exact) mass is 428 g/mol. The molecule has 1 fully saturated rings. The standard InChI is InChI=1S/C20H20N4O3S2/c1-2-11-23(16-10-13-29(26,27)14-16)20(25)18-21-19(17-9-6-12-28-17)24(22-18)15-7-4-3-5-8-15/h2-9,12,16H,1,10-11,13-14H2. The second kappa shape index (κ2) is 7.92. The van der Waals surface area contributed by atoms with E-state index in [1.807, 2.05) is 47.8 Å². The molecule has 9 heteroatoms. The van der Waals surface area contributed by atoms with Gasteiger partial charge in [-0.25, -0.2) is 18.1 Å². The van der Waals surface area contributed by atoms with Crippen LogP contribution in [0.2, 0.25) is 0 Å². The van der Waals surface area contributed by atoms with Crippen LogP contribution in [-0.2, 0) is 9.84 Å². The smallest absolute Gasteiger partial charge is 0.294 e. The molecule has 7 nitrogen and oxygen atoms in total. The number of carbonyl (C=O) groups is 1. The molecule has 1 aromatic carbocycles. The lowest BCUT2D eigenvalue weighted by atomic mass is 10.2. The third kappa shape index (κ3) is 4.01. The van der Waals surface area contributed by atoms with Crippen LogP contribution < -0.4 is 0 Å². The molecule has 0 spiro atoms. The van der Waals surface area contributed by atoms with Crippen molar-refractivity contribution in [3.8, 4) is 16.4 Å². The predicted molar refractivity (Wildman–Crippen MR) is 113 cm³/mol. The van der Waals surface area contributed by atoms with E-state index in [2.05, 4.69) is 16.7 Å². The van der Waals surface area contributed by atoms with Gasteiger partial charge < -0.3 is 4.90 Å². The molecule has 1 amide bonds. The first-order valence-electron chi connectivity index (χ1n) is 9.17. The summed E-state index contributed by atoms with van der Waals surface area (Å²) < 4.78 is 25.5. The van der Waals surface area contributed by atoms with Crippen LogP contribution >= 0.6 is 11.3 Å². The van der Waals surface area contributed by atoms with Crippen molar-refractivity contribution >= 4 is 27.1 Å². The minimum absolute atomic E-state index is 0.0379. The Morgan fingerprint density at radius 2 is 2.07 bits per heavy atom. The van der Waals surface area contributed by atoms with Crippen molar-refractivity contribution in [1.82, 2.24) is 19.7 Å². The number of carbonyl (C=O) groups excluding carboxylic acids is 1. The van der Waals surface area contributed by atoms with E-state index in [1.54, 1.807) is 10.8 Å². The van der Waals surface area contributed by atoms with E-state index in [0.29, 0.717) is 12.2 Å². The summed E-state index contributed by atoms with van der Waals surface area (Å²) in [5, 5.41) is 6.42. The van der Waals surface area contributed by atoms with Gasteiger partial charge in [0.05, 0.1) is 22.1 Å². The number of hydrogen-bond acceptors (Lipinski definition) is 6. The molecule has 0 saturated carbocycles. The lowest BCUT2D eigenvalue weighted by molar-refractivity contribution is 0.0708. The zero-order valence-corrected chi connectivity index (χ0v) is 17.3. The number of thiophene rings is 1. The molecule has 3 aromatic rings. The first kappa shape index (κ1) is 19.5. The molecule has 1 unspecified atom stereocenters. The quantitative estimate of drug-likeness (QED) is 0.564. The van der Waals surface area contributed by atoms with Crippen molar-refractivity contribution in [2.45, 2.75) is 12.5 Å². The molecule has 0 bridgehead atoms. The van der Waals surface area contributed by atoms with Gasteiger partial charge in [-0.2, -0.15) is 0 Å². The van der Waals surface area contributed by atoms with Crippen molar-refractivity contribution < 1.29 is 13.2 Å². The number of amides is 1. The van der Waals surface area contributed by atoms with Gasteiger partial charge in [0.1, 0.15) is 0 Å². The molecule has 29 heavy (non-hydrogen) atoms. The third-order valence-electron chi connectivity index (χ3n) is 4.78. The SMILES string of the molecule is C=CCN(C(=O)c1nc(-c2cccs2)n(-c2ccccc2)n1)C1CCS(=O)(=O)C1. The molecule has 1 aliphatic rings. The highest BCUT2D eigenvalue weighted by Gasteiger charge is 2.36. The van der Waals surface area contributed by atoms with E-state index in [4.69, 9.17) is 0 Å². The maximum absolute atomic E-state index is 13.2. The minimum Gasteiger partial charge on any atom is -0.328 e. The van der Waals surface area contributed by atoms with E-state index in [0.717, 1.165) is 10.6 Å². The predicted octanol–water partition coefficient (Wildman–Crippen LogP) is 2.81. The van der Waals surface area contributed by atoms with Crippen LogP contribution in [0.3, 0.4) is 0 Å². The van der Waals surface area contributed by atoms with Gasteiger partial charge >= 0.3 is 0 Å². The van der Waals surface area contributed by atoms with Crippen LogP contribution in [0.5, 0.6) is 0 Å². The topological polar surface area (TPSA) is 85.2 Å². The van der Waals surface area contributed by atoms with Crippen molar-refractivity contribution in [1.29, 1.82) is 0 Å². The zero-order chi connectivity index (χ0) is 20.4. The van der Waals surface area contributed by atoms with E-state index in [-0.39, 0.29) is 35.8 Å². The van der Waals surface area contributed by atoms with Crippen LogP contribution in [0.25, 0.3) is 16.4 Å². The van der Waals surface area contributed by atoms with Gasteiger partial charge in [-0.3, -0.25) is 4.79 Å². The fraction of sp³-hybridized carbons (Fsp3) is 0.250. The molecule has 0 N–H and O–H groups in total. The van der Waals surface area contributed by atoms with Crippen molar-refractivity contribution in [2.75, 3.05) is 18.1 Å². The van der Waals surface area contributed by atoms with Crippen LogP contribution in [0, 0.1) is 0 Å². The van der Waals surface area contributed by atoms with Crippen molar-refractivity contribution in [2.24, 2.45) is 0 Å². The highest BCUT2D eigenvalue weighted by Crippen LogP contribution is 2.26. The summed E-state index contributed by atoms with van der Waals surface area (Å²) in [6.07, 6.45) is 2.01. The van der Waals surface area contributed by atoms with Crippen molar-refractivity contribution in [3.05, 3.63) is 66.3 Å². The summed E-state index contributed by atoms with van der Waals surface area (Å²) in [6.45, 7) is 3.95. The summed E-state index contributed by atoms with van der Waals surface area (Å²) in [4.78, 5) is 20.2. The first-order valence-corrected chi connectivity index (χ1v) is 11.9. The van der Waals surface area contributed by atoms with E-state index in [9.17, 15) is 13.2 Å². The maximum Gasteiger partial charge on any atom is 0.294 e. The largest absolute Gasteiger partial charge is 0.328 e. The number of nitrogens with zero attached hydrogens (tertiary/aromatic N) is 4. The normalized spacial score (nSPS) is 17.9. The average molecular weight is 429 g/mol. The molecule has 1 aliphatic heterocycles. The first-order chi connectivity index (χ1) is 14.0. The fourth-order valence-electron chi connectivity index (χ4n) is 3.40. The second-order valence-electron chi connectivity index (χ2n) is 6.79. The number of benzene rings is 1. The summed E-state index contributed by atoms with van der Waals surface area (Å²) in [5.41, 5.74) is 0.793. The molecule has 0 aliphatic carbocycles. The van der Waals surface area contributed by atoms with Gasteiger partial charge in [-0.15, -0.1) is 23.0 Å². The Kier molecular flexibility index (Phi) is 5.33. The van der Waals surface area contributed by atoms with E-state index >= 15 is 0 Å². The van der Waals surface area contributed by atoms with Crippen LogP contribution in [-0.4, -0.2) is 58.1 Å². The van der Waals surface area contributed by atoms with E-state index in [1.165, 1.54) is 16.2 Å². The van der Waals surface area contributed by atoms with Gasteiger partial charge in [0.15, 0.2) is 15.7 Å². The Hall–Kier alpha value is -2.78. The van der Waals surface area contributed by atoms with Crippen LogP contribution in [0.15, 0.2) is 60.5 Å². The Bertz CT molecular complexity index is 1120. The fourth-order valence-corrected chi connectivity index (χ4v) is 5.83. The van der Waals surface area contributed by atoms with Gasteiger partial charge in [-0.05, 0) is 30.0 Å². The lowest BCUT2D eigenvalue weighted by Gasteiger charge is -2.25. The molecule has 2 aromatic heterocycles. The number of para-hydroxylation sites is 1. The molecule has 4 rings (SSSR count). The number of aromatic nitrogens is 3. The molecule has 1 saturated heterocycles. The lowest BCUT2D eigenvalue weighted by Crippen LogP contribution is -2.41. The molecular weight excluding hydrogens is 408 g/mol. The molecule has 3 heterocycles. The summed E-state index contributed by atoms with van der Waals surface area (Å²) in [6, 6.07) is 12.9. The van der Waals surface area contributed by atoms with Gasteiger partial charge in [-0.1, -0.05) is 30.3 Å². The zero-order valence-electron chi connectivity index (χ0n) is 15.6. The number of rotatable bonds is 6. The molecule has 0 radical (unpaired) electrons. The van der Waals surface area contributed by atoms with Gasteiger partial charge in [0.2, 0.25) is 5.82 Å². The van der Waals surface area contributed by atoms with Crippen LogP contribution in [0.1, 0.15) is 17.0 Å². The summed E-state index contributed by atoms with van der Waals surface area (Å²) in [5.74, 6) is 0.282. The Balaban J connectivity index is 1.74. The average Bonchev–Trinajstić information content (AvgIpc) is 3.45. The van der Waals surface area contributed by atoms with E-state index < -0.39 is 9.84 Å². The summed E-state index contributed by atoms with van der Waals surface area (Å²) >= 11 is 1.51. The highest BCUT2D eigenvalue weighted by molar-refractivity contribution is 7.91. The number of sulfone groups is 1. The maximum atomic E-state index is 13.2. The molecular formula is C20H20N4O3S2. The number of hydrogen-bond donors (Lipinski definition) is 0. The van der Waals surface area contributed by atoms with Gasteiger partial charge in [0.25, 0.3) is 5.91 Å². The second-order valence-corrected chi connectivity index (χ2v) is 9.96. The summed E-state index contributed by atoms with van der Waals surface area (Å²) in [7, 11) is -3.13. The van der Waals surface area contributed by atoms with Crippen molar-refractivity contribution in [3.63, 3.8) is 0 Å². The Morgan fingerprint density at radius 3 is 2.69 bits per heavy atom. The molecule has 1 atom stereocenters. The molecule has 150 valence electrons. The minimum atomic E-state index is -3.13. The Morgan fingerprint density at radius 1 is 1.28 bits per heavy atom.